The van der Waals surface area contributed by atoms with Crippen molar-refractivity contribution in [3.05, 3.63) is 22.7 Å². The zero-order chi connectivity index (χ0) is 18.9. The van der Waals surface area contributed by atoms with Crippen LogP contribution < -0.4 is 4.74 Å². The maximum Gasteiger partial charge on any atom is 0.322 e. The van der Waals surface area contributed by atoms with Crippen molar-refractivity contribution in [2.45, 2.75) is 23.8 Å². The van der Waals surface area contributed by atoms with Crippen LogP contribution in [0.15, 0.2) is 17.0 Å². The van der Waals surface area contributed by atoms with Crippen molar-refractivity contribution < 1.29 is 27.9 Å². The zero-order valence-electron chi connectivity index (χ0n) is 14.0. The van der Waals surface area contributed by atoms with Crippen molar-refractivity contribution in [2.75, 3.05) is 27.7 Å². The summed E-state index contributed by atoms with van der Waals surface area (Å²) < 4.78 is 32.1. The van der Waals surface area contributed by atoms with Crippen molar-refractivity contribution in [3.63, 3.8) is 0 Å². The smallest absolute Gasteiger partial charge is 0.322 e. The number of rotatable bonds is 5. The summed E-state index contributed by atoms with van der Waals surface area (Å²) in [6.07, 6.45) is 0.656. The Morgan fingerprint density at radius 2 is 2.00 bits per heavy atom. The summed E-state index contributed by atoms with van der Waals surface area (Å²) in [4.78, 5) is 24.6. The first-order chi connectivity index (χ1) is 11.6. The first kappa shape index (κ1) is 19.5. The van der Waals surface area contributed by atoms with Crippen LogP contribution in [-0.2, 0) is 14.8 Å². The molecule has 25 heavy (non-hydrogen) atoms. The molecule has 2 rings (SSSR count). The molecule has 0 aliphatic carbocycles. The molecule has 0 unspecified atom stereocenters. The van der Waals surface area contributed by atoms with E-state index in [2.05, 4.69) is 0 Å². The number of hydrogen-bond donors (Lipinski definition) is 1. The maximum atomic E-state index is 13.0. The molecule has 1 N–H and O–H groups in total. The van der Waals surface area contributed by atoms with Gasteiger partial charge in [0, 0.05) is 25.7 Å². The molecule has 0 spiro atoms. The molecular formula is C15H19ClN2O6S. The molecule has 1 aromatic carbocycles. The highest BCUT2D eigenvalue weighted by Gasteiger charge is 2.41. The van der Waals surface area contributed by atoms with Crippen LogP contribution in [0.1, 0.15) is 23.2 Å². The fourth-order valence-electron chi connectivity index (χ4n) is 2.77. The second-order valence-corrected chi connectivity index (χ2v) is 8.09. The predicted octanol–water partition coefficient (Wildman–Crippen LogP) is 1.29. The van der Waals surface area contributed by atoms with Gasteiger partial charge in [-0.2, -0.15) is 4.31 Å². The molecule has 1 aromatic rings. The third-order valence-corrected chi connectivity index (χ3v) is 6.07. The highest BCUT2D eigenvalue weighted by molar-refractivity contribution is 7.89. The van der Waals surface area contributed by atoms with Gasteiger partial charge in [0.1, 0.15) is 10.9 Å². The van der Waals surface area contributed by atoms with E-state index in [9.17, 15) is 23.1 Å². The van der Waals surface area contributed by atoms with Gasteiger partial charge in [0.2, 0.25) is 10.0 Å². The minimum Gasteiger partial charge on any atom is -0.494 e. The molecule has 0 radical (unpaired) electrons. The molecule has 0 bridgehead atoms. The Morgan fingerprint density at radius 1 is 1.36 bits per heavy atom. The minimum atomic E-state index is -4.21. The van der Waals surface area contributed by atoms with E-state index >= 15 is 0 Å². The molecule has 1 saturated heterocycles. The summed E-state index contributed by atoms with van der Waals surface area (Å²) in [5, 5.41) is 9.30. The van der Waals surface area contributed by atoms with Gasteiger partial charge in [0.25, 0.3) is 5.91 Å². The molecule has 0 aromatic heterocycles. The Bertz CT molecular complexity index is 808. The number of carbonyl (C=O) groups is 2. The third kappa shape index (κ3) is 3.58. The Morgan fingerprint density at radius 3 is 2.52 bits per heavy atom. The van der Waals surface area contributed by atoms with Gasteiger partial charge in [0.05, 0.1) is 12.7 Å². The maximum absolute atomic E-state index is 13.0. The Hall–Kier alpha value is -1.84. The SMILES string of the molecule is COc1c(C(=O)N(C)C)cc(Cl)cc1S(=O)(=O)N1CCC[C@@H]1C(=O)O. The fourth-order valence-corrected chi connectivity index (χ4v) is 4.91. The summed E-state index contributed by atoms with van der Waals surface area (Å²) in [6.45, 7) is 0.0753. The van der Waals surface area contributed by atoms with E-state index in [-0.39, 0.29) is 34.2 Å². The van der Waals surface area contributed by atoms with Gasteiger partial charge in [-0.25, -0.2) is 8.42 Å². The van der Waals surface area contributed by atoms with E-state index in [0.29, 0.717) is 6.42 Å². The normalized spacial score (nSPS) is 18.2. The van der Waals surface area contributed by atoms with Crippen LogP contribution in [0, 0.1) is 0 Å². The van der Waals surface area contributed by atoms with Crippen molar-refractivity contribution in [1.29, 1.82) is 0 Å². The number of halogens is 1. The number of carboxylic acid groups (broad SMARTS) is 1. The van der Waals surface area contributed by atoms with Crippen LogP contribution in [-0.4, -0.2) is 68.4 Å². The van der Waals surface area contributed by atoms with Crippen LogP contribution >= 0.6 is 11.6 Å². The van der Waals surface area contributed by atoms with E-state index in [1.807, 2.05) is 0 Å². The lowest BCUT2D eigenvalue weighted by atomic mass is 10.2. The topological polar surface area (TPSA) is 104 Å². The highest BCUT2D eigenvalue weighted by Crippen LogP contribution is 2.36. The van der Waals surface area contributed by atoms with E-state index in [1.54, 1.807) is 0 Å². The number of ether oxygens (including phenoxy) is 1. The van der Waals surface area contributed by atoms with Crippen molar-refractivity contribution in [1.82, 2.24) is 9.21 Å². The van der Waals surface area contributed by atoms with Gasteiger partial charge in [-0.05, 0) is 25.0 Å². The van der Waals surface area contributed by atoms with Crippen LogP contribution in [0.4, 0.5) is 0 Å². The molecule has 8 nitrogen and oxygen atoms in total. The molecule has 1 heterocycles. The van der Waals surface area contributed by atoms with Gasteiger partial charge in [-0.3, -0.25) is 9.59 Å². The molecule has 1 aliphatic heterocycles. The summed E-state index contributed by atoms with van der Waals surface area (Å²) in [5.74, 6) is -1.85. The highest BCUT2D eigenvalue weighted by atomic mass is 35.5. The number of carbonyl (C=O) groups excluding carboxylic acids is 1. The molecule has 10 heteroatoms. The van der Waals surface area contributed by atoms with E-state index in [4.69, 9.17) is 16.3 Å². The quantitative estimate of drug-likeness (QED) is 0.812. The lowest BCUT2D eigenvalue weighted by molar-refractivity contribution is -0.140. The second kappa shape index (κ2) is 7.19. The summed E-state index contributed by atoms with van der Waals surface area (Å²) in [7, 11) is 0.0592. The largest absolute Gasteiger partial charge is 0.494 e. The number of nitrogens with zero attached hydrogens (tertiary/aromatic N) is 2. The predicted molar refractivity (Wildman–Crippen MR) is 90.6 cm³/mol. The molecule has 1 atom stereocenters. The third-order valence-electron chi connectivity index (χ3n) is 3.94. The number of hydrogen-bond acceptors (Lipinski definition) is 5. The van der Waals surface area contributed by atoms with Crippen LogP contribution in [0.5, 0.6) is 5.75 Å². The Balaban J connectivity index is 2.65. The number of aliphatic carboxylic acids is 1. The Kier molecular flexibility index (Phi) is 5.60. The van der Waals surface area contributed by atoms with E-state index in [1.165, 1.54) is 38.2 Å². The molecule has 1 fully saturated rings. The number of sulfonamides is 1. The summed E-state index contributed by atoms with van der Waals surface area (Å²) in [5.41, 5.74) is -0.00959. The van der Waals surface area contributed by atoms with Crippen molar-refractivity contribution >= 4 is 33.5 Å². The summed E-state index contributed by atoms with van der Waals surface area (Å²) in [6, 6.07) is 1.33. The van der Waals surface area contributed by atoms with Gasteiger partial charge in [0.15, 0.2) is 5.75 Å². The monoisotopic (exact) mass is 390 g/mol. The molecule has 0 saturated carbocycles. The second-order valence-electron chi connectivity index (χ2n) is 5.80. The van der Waals surface area contributed by atoms with E-state index in [0.717, 1.165) is 4.31 Å². The van der Waals surface area contributed by atoms with Crippen molar-refractivity contribution in [3.8, 4) is 5.75 Å². The number of methoxy groups -OCH3 is 1. The fraction of sp³-hybridized carbons (Fsp3) is 0.467. The van der Waals surface area contributed by atoms with Crippen molar-refractivity contribution in [2.24, 2.45) is 0 Å². The number of amides is 1. The molecule has 1 amide bonds. The average Bonchev–Trinajstić information content (AvgIpc) is 3.03. The molecular weight excluding hydrogens is 372 g/mol. The summed E-state index contributed by atoms with van der Waals surface area (Å²) >= 11 is 6.01. The van der Waals surface area contributed by atoms with Gasteiger partial charge in [-0.1, -0.05) is 11.6 Å². The first-order valence-electron chi connectivity index (χ1n) is 7.45. The van der Waals surface area contributed by atoms with Crippen LogP contribution in [0.25, 0.3) is 0 Å². The van der Waals surface area contributed by atoms with E-state index < -0.39 is 27.9 Å². The van der Waals surface area contributed by atoms with Crippen LogP contribution in [0.2, 0.25) is 5.02 Å². The zero-order valence-corrected chi connectivity index (χ0v) is 15.6. The molecule has 1 aliphatic rings. The van der Waals surface area contributed by atoms with Crippen LogP contribution in [0.3, 0.4) is 0 Å². The van der Waals surface area contributed by atoms with Gasteiger partial charge in [-0.15, -0.1) is 0 Å². The minimum absolute atomic E-state index is 0.00959. The standard InChI is InChI=1S/C15H19ClN2O6S/c1-17(2)14(19)10-7-9(16)8-12(13(10)24-3)25(22,23)18-6-4-5-11(18)15(20)21/h7-8,11H,4-6H2,1-3H3,(H,20,21)/t11-/m1/s1. The Labute approximate surface area is 151 Å². The number of carboxylic acids is 1. The number of benzene rings is 1. The van der Waals surface area contributed by atoms with Gasteiger partial charge >= 0.3 is 5.97 Å². The molecule has 138 valence electrons. The van der Waals surface area contributed by atoms with Gasteiger partial charge < -0.3 is 14.7 Å². The lowest BCUT2D eigenvalue weighted by Crippen LogP contribution is -2.40. The lowest BCUT2D eigenvalue weighted by Gasteiger charge is -2.23. The first-order valence-corrected chi connectivity index (χ1v) is 9.27. The average molecular weight is 391 g/mol.